The third kappa shape index (κ3) is 6.22. The van der Waals surface area contributed by atoms with Gasteiger partial charge in [-0.1, -0.05) is 96.0 Å². The molecule has 1 N–H and O–H groups in total. The third-order valence-corrected chi connectivity index (χ3v) is 6.99. The number of hydrogen-bond donors (Lipinski definition) is 1. The van der Waals surface area contributed by atoms with E-state index in [-0.39, 0.29) is 5.91 Å². The average Bonchev–Trinajstić information content (AvgIpc) is 3.26. The lowest BCUT2D eigenvalue weighted by Gasteiger charge is -2.12. The van der Waals surface area contributed by atoms with Gasteiger partial charge < -0.3 is 9.88 Å². The van der Waals surface area contributed by atoms with Crippen LogP contribution in [-0.4, -0.2) is 22.0 Å². The molecule has 37 heavy (non-hydrogen) atoms. The molecule has 1 heterocycles. The number of hydrogen-bond acceptors (Lipinski definition) is 2. The molecule has 0 fully saturated rings. The molecular formula is C31H27Cl2N3O. The number of nitrogens with zero attached hydrogens (tertiary/aromatic N) is 2. The lowest BCUT2D eigenvalue weighted by Crippen LogP contribution is -2.26. The fraction of sp³-hybridized carbons (Fsp3) is 0.161. The molecule has 0 atom stereocenters. The van der Waals surface area contributed by atoms with E-state index in [0.717, 1.165) is 46.4 Å². The van der Waals surface area contributed by atoms with E-state index in [4.69, 9.17) is 28.2 Å². The van der Waals surface area contributed by atoms with Gasteiger partial charge in [0.05, 0.1) is 24.0 Å². The van der Waals surface area contributed by atoms with Crippen molar-refractivity contribution in [2.75, 3.05) is 6.54 Å². The summed E-state index contributed by atoms with van der Waals surface area (Å²) >= 11 is 12.5. The van der Waals surface area contributed by atoms with E-state index < -0.39 is 0 Å². The fourth-order valence-electron chi connectivity index (χ4n) is 4.48. The van der Waals surface area contributed by atoms with Gasteiger partial charge in [0.1, 0.15) is 5.82 Å². The van der Waals surface area contributed by atoms with Gasteiger partial charge in [-0.2, -0.15) is 0 Å². The van der Waals surface area contributed by atoms with Crippen molar-refractivity contribution in [3.63, 3.8) is 0 Å². The highest BCUT2D eigenvalue weighted by Gasteiger charge is 2.13. The number of aryl methyl sites for hydroxylation is 1. The maximum absolute atomic E-state index is 12.5. The second-order valence-corrected chi connectivity index (χ2v) is 9.88. The van der Waals surface area contributed by atoms with Gasteiger partial charge in [-0.15, -0.1) is 0 Å². The summed E-state index contributed by atoms with van der Waals surface area (Å²) < 4.78 is 2.20. The maximum atomic E-state index is 12.5. The molecule has 0 spiro atoms. The Morgan fingerprint density at radius 3 is 2.35 bits per heavy atom. The van der Waals surface area contributed by atoms with Crippen molar-refractivity contribution in [1.29, 1.82) is 0 Å². The number of aromatic nitrogens is 2. The largest absolute Gasteiger partial charge is 0.356 e. The molecule has 5 aromatic rings. The first-order chi connectivity index (χ1) is 18.1. The van der Waals surface area contributed by atoms with E-state index in [1.165, 1.54) is 5.56 Å². The topological polar surface area (TPSA) is 46.9 Å². The summed E-state index contributed by atoms with van der Waals surface area (Å²) in [5.74, 6) is 0.992. The SMILES string of the molecule is O=C(Cc1ccc(-c2ccccc2)cc1)NCCCc1nc2ccccc2n1Cc1ccc(Cl)cc1Cl. The number of imidazole rings is 1. The Kier molecular flexibility index (Phi) is 7.88. The predicted molar refractivity (Wildman–Crippen MR) is 152 cm³/mol. The number of carbonyl (C=O) groups excluding carboxylic acids is 1. The maximum Gasteiger partial charge on any atom is 0.224 e. The van der Waals surface area contributed by atoms with Crippen LogP contribution in [0.25, 0.3) is 22.2 Å². The molecule has 6 heteroatoms. The van der Waals surface area contributed by atoms with Crippen LogP contribution >= 0.6 is 23.2 Å². The summed E-state index contributed by atoms with van der Waals surface area (Å²) in [6, 6.07) is 32.1. The van der Waals surface area contributed by atoms with E-state index in [9.17, 15) is 4.79 Å². The van der Waals surface area contributed by atoms with Crippen molar-refractivity contribution in [1.82, 2.24) is 14.9 Å². The third-order valence-electron chi connectivity index (χ3n) is 6.40. The summed E-state index contributed by atoms with van der Waals surface area (Å²) in [5, 5.41) is 4.31. The molecule has 4 aromatic carbocycles. The summed E-state index contributed by atoms with van der Waals surface area (Å²) in [6.07, 6.45) is 1.89. The quantitative estimate of drug-likeness (QED) is 0.203. The average molecular weight is 528 g/mol. The second-order valence-electron chi connectivity index (χ2n) is 9.03. The van der Waals surface area contributed by atoms with Crippen molar-refractivity contribution in [2.45, 2.75) is 25.8 Å². The number of nitrogens with one attached hydrogen (secondary N) is 1. The Balaban J connectivity index is 1.18. The Labute approximate surface area is 226 Å². The lowest BCUT2D eigenvalue weighted by atomic mass is 10.0. The van der Waals surface area contributed by atoms with Crippen LogP contribution in [0.4, 0.5) is 0 Å². The van der Waals surface area contributed by atoms with Gasteiger partial charge in [-0.05, 0) is 52.9 Å². The fourth-order valence-corrected chi connectivity index (χ4v) is 4.95. The first kappa shape index (κ1) is 25.1. The lowest BCUT2D eigenvalue weighted by molar-refractivity contribution is -0.120. The zero-order valence-electron chi connectivity index (χ0n) is 20.3. The van der Waals surface area contributed by atoms with Crippen LogP contribution in [-0.2, 0) is 24.2 Å². The minimum Gasteiger partial charge on any atom is -0.356 e. The number of carbonyl (C=O) groups is 1. The van der Waals surface area contributed by atoms with Crippen LogP contribution in [0.1, 0.15) is 23.4 Å². The standard InChI is InChI=1S/C31H27Cl2N3O/c32-26-17-16-25(27(33)20-26)21-36-29-10-5-4-9-28(29)35-30(36)11-6-18-34-31(37)19-22-12-14-24(15-13-22)23-7-2-1-3-8-23/h1-5,7-10,12-17,20H,6,11,18-19,21H2,(H,34,37). The Bertz CT molecular complexity index is 1510. The van der Waals surface area contributed by atoms with Crippen LogP contribution in [0.2, 0.25) is 10.0 Å². The molecule has 1 amide bonds. The summed E-state index contributed by atoms with van der Waals surface area (Å²) in [5.41, 5.74) is 6.31. The van der Waals surface area contributed by atoms with Crippen molar-refractivity contribution >= 4 is 40.1 Å². The second kappa shape index (κ2) is 11.6. The van der Waals surface area contributed by atoms with Crippen molar-refractivity contribution in [3.8, 4) is 11.1 Å². The van der Waals surface area contributed by atoms with Gasteiger partial charge in [0.15, 0.2) is 0 Å². The molecule has 0 radical (unpaired) electrons. The summed E-state index contributed by atoms with van der Waals surface area (Å²) in [7, 11) is 0. The highest BCUT2D eigenvalue weighted by atomic mass is 35.5. The van der Waals surface area contributed by atoms with E-state index in [1.807, 2.05) is 60.7 Å². The molecule has 1 aromatic heterocycles. The summed E-state index contributed by atoms with van der Waals surface area (Å²) in [4.78, 5) is 17.4. The molecule has 0 saturated heterocycles. The Morgan fingerprint density at radius 2 is 1.57 bits per heavy atom. The number of rotatable bonds is 9. The minimum atomic E-state index is 0.0221. The molecule has 0 aliphatic heterocycles. The molecule has 0 aliphatic rings. The zero-order chi connectivity index (χ0) is 25.6. The number of benzene rings is 4. The van der Waals surface area contributed by atoms with E-state index in [0.29, 0.717) is 29.6 Å². The van der Waals surface area contributed by atoms with Crippen molar-refractivity contribution in [2.24, 2.45) is 0 Å². The first-order valence-corrected chi connectivity index (χ1v) is 13.1. The van der Waals surface area contributed by atoms with E-state index >= 15 is 0 Å². The molecule has 5 rings (SSSR count). The van der Waals surface area contributed by atoms with E-state index in [2.05, 4.69) is 40.2 Å². The van der Waals surface area contributed by atoms with Gasteiger partial charge in [0.25, 0.3) is 0 Å². The normalized spacial score (nSPS) is 11.1. The van der Waals surface area contributed by atoms with Crippen LogP contribution in [0, 0.1) is 0 Å². The van der Waals surface area contributed by atoms with E-state index in [1.54, 1.807) is 6.07 Å². The van der Waals surface area contributed by atoms with Gasteiger partial charge in [-0.25, -0.2) is 4.98 Å². The smallest absolute Gasteiger partial charge is 0.224 e. The van der Waals surface area contributed by atoms with Gasteiger partial charge in [0, 0.05) is 23.0 Å². The highest BCUT2D eigenvalue weighted by molar-refractivity contribution is 6.35. The number of para-hydroxylation sites is 2. The van der Waals surface area contributed by atoms with Crippen molar-refractivity contribution < 1.29 is 4.79 Å². The molecule has 186 valence electrons. The minimum absolute atomic E-state index is 0.0221. The molecule has 0 aliphatic carbocycles. The zero-order valence-corrected chi connectivity index (χ0v) is 21.8. The number of halogens is 2. The molecule has 0 saturated carbocycles. The molecular weight excluding hydrogens is 501 g/mol. The van der Waals surface area contributed by atoms with Gasteiger partial charge >= 0.3 is 0 Å². The predicted octanol–water partition coefficient (Wildman–Crippen LogP) is 7.35. The van der Waals surface area contributed by atoms with Crippen molar-refractivity contribution in [3.05, 3.63) is 124 Å². The Hall–Kier alpha value is -3.60. The van der Waals surface area contributed by atoms with Crippen LogP contribution in [0.15, 0.2) is 97.1 Å². The van der Waals surface area contributed by atoms with Crippen LogP contribution in [0.3, 0.4) is 0 Å². The first-order valence-electron chi connectivity index (χ1n) is 12.4. The molecule has 0 unspecified atom stereocenters. The van der Waals surface area contributed by atoms with Crippen LogP contribution < -0.4 is 5.32 Å². The number of fused-ring (bicyclic) bond motifs is 1. The molecule has 0 bridgehead atoms. The monoisotopic (exact) mass is 527 g/mol. The van der Waals surface area contributed by atoms with Gasteiger partial charge in [-0.3, -0.25) is 4.79 Å². The number of amides is 1. The van der Waals surface area contributed by atoms with Crippen LogP contribution in [0.5, 0.6) is 0 Å². The Morgan fingerprint density at radius 1 is 0.838 bits per heavy atom. The van der Waals surface area contributed by atoms with Gasteiger partial charge in [0.2, 0.25) is 5.91 Å². The highest BCUT2D eigenvalue weighted by Crippen LogP contribution is 2.25. The summed E-state index contributed by atoms with van der Waals surface area (Å²) in [6.45, 7) is 1.20. The molecule has 4 nitrogen and oxygen atoms in total.